The summed E-state index contributed by atoms with van der Waals surface area (Å²) in [7, 11) is 0. The Morgan fingerprint density at radius 3 is 2.88 bits per heavy atom. The number of rotatable bonds is 2. The molecule has 0 saturated heterocycles. The Morgan fingerprint density at radius 1 is 1.29 bits per heavy atom. The van der Waals surface area contributed by atoms with E-state index in [1.807, 2.05) is 31.2 Å². The molecule has 4 rings (SSSR count). The van der Waals surface area contributed by atoms with E-state index in [0.29, 0.717) is 22.8 Å². The second kappa shape index (κ2) is 5.88. The highest BCUT2D eigenvalue weighted by Gasteiger charge is 2.33. The number of aryl methyl sites for hydroxylation is 1. The van der Waals surface area contributed by atoms with Crippen LogP contribution in [-0.2, 0) is 17.6 Å². The number of benzene rings is 1. The average Bonchev–Trinajstić information content (AvgIpc) is 3.10. The van der Waals surface area contributed by atoms with Gasteiger partial charge in [-0.1, -0.05) is 18.2 Å². The first-order valence-corrected chi connectivity index (χ1v) is 9.10. The molecule has 24 heavy (non-hydrogen) atoms. The summed E-state index contributed by atoms with van der Waals surface area (Å²) in [4.78, 5) is 20.4. The predicted molar refractivity (Wildman–Crippen MR) is 96.3 cm³/mol. The van der Waals surface area contributed by atoms with E-state index in [2.05, 4.69) is 11.1 Å². The first-order valence-electron chi connectivity index (χ1n) is 8.29. The van der Waals surface area contributed by atoms with Crippen LogP contribution in [0.25, 0.3) is 0 Å². The number of amides is 1. The fraction of sp³-hybridized carbons (Fsp3) is 0.316. The first-order chi connectivity index (χ1) is 11.7. The topological polar surface area (TPSA) is 56.5 Å². The Labute approximate surface area is 145 Å². The molecule has 1 amide bonds. The molecule has 120 valence electrons. The summed E-state index contributed by atoms with van der Waals surface area (Å²) >= 11 is 1.58. The summed E-state index contributed by atoms with van der Waals surface area (Å²) < 4.78 is 0. The minimum absolute atomic E-state index is 0.0750. The van der Waals surface area contributed by atoms with Gasteiger partial charge in [-0.05, 0) is 44.2 Å². The van der Waals surface area contributed by atoms with Crippen molar-refractivity contribution >= 4 is 33.6 Å². The predicted octanol–water partition coefficient (Wildman–Crippen LogP) is 3.99. The molecular weight excluding hydrogens is 318 g/mol. The van der Waals surface area contributed by atoms with Gasteiger partial charge in [-0.2, -0.15) is 5.26 Å². The number of carbonyl (C=O) groups is 1. The summed E-state index contributed by atoms with van der Waals surface area (Å²) in [5, 5.41) is 10.3. The number of anilines is 1. The van der Waals surface area contributed by atoms with E-state index < -0.39 is 0 Å². The molecule has 0 saturated carbocycles. The van der Waals surface area contributed by atoms with E-state index in [9.17, 15) is 10.1 Å². The second-order valence-corrected chi connectivity index (χ2v) is 7.11. The van der Waals surface area contributed by atoms with Gasteiger partial charge in [0.25, 0.3) is 5.91 Å². The minimum atomic E-state index is -0.0750. The van der Waals surface area contributed by atoms with Crippen molar-refractivity contribution in [2.24, 2.45) is 4.99 Å². The Kier molecular flexibility index (Phi) is 3.70. The quantitative estimate of drug-likeness (QED) is 0.833. The maximum absolute atomic E-state index is 12.8. The van der Waals surface area contributed by atoms with Crippen LogP contribution in [-0.4, -0.2) is 18.2 Å². The highest BCUT2D eigenvalue weighted by atomic mass is 32.1. The molecule has 0 radical (unpaired) electrons. The molecule has 2 aromatic rings. The number of thiophene rings is 1. The number of fused-ring (bicyclic) bond motifs is 2. The maximum Gasteiger partial charge on any atom is 0.277 e. The third-order valence-corrected chi connectivity index (χ3v) is 5.88. The fourth-order valence-corrected chi connectivity index (χ4v) is 4.75. The highest BCUT2D eigenvalue weighted by Crippen LogP contribution is 2.40. The van der Waals surface area contributed by atoms with Crippen molar-refractivity contribution in [1.82, 2.24) is 0 Å². The van der Waals surface area contributed by atoms with E-state index in [1.54, 1.807) is 16.2 Å². The number of hydrogen-bond acceptors (Lipinski definition) is 4. The Morgan fingerprint density at radius 2 is 2.08 bits per heavy atom. The summed E-state index contributed by atoms with van der Waals surface area (Å²) in [6, 6.07) is 10.1. The van der Waals surface area contributed by atoms with E-state index in [0.717, 1.165) is 36.1 Å². The molecule has 0 unspecified atom stereocenters. The lowest BCUT2D eigenvalue weighted by Gasteiger charge is -2.12. The van der Waals surface area contributed by atoms with Gasteiger partial charge in [-0.3, -0.25) is 4.79 Å². The van der Waals surface area contributed by atoms with Gasteiger partial charge < -0.3 is 4.90 Å². The number of nitrogens with zero attached hydrogens (tertiary/aromatic N) is 3. The Bertz CT molecular complexity index is 904. The summed E-state index contributed by atoms with van der Waals surface area (Å²) in [5.41, 5.74) is 4.05. The minimum Gasteiger partial charge on any atom is -0.307 e. The number of nitriles is 1. The van der Waals surface area contributed by atoms with Crippen LogP contribution in [0.1, 0.15) is 41.3 Å². The largest absolute Gasteiger partial charge is 0.307 e. The number of aliphatic imine (C=N–C) groups is 1. The van der Waals surface area contributed by atoms with Gasteiger partial charge in [-0.25, -0.2) is 4.99 Å². The van der Waals surface area contributed by atoms with E-state index in [1.165, 1.54) is 11.3 Å². The number of para-hydroxylation sites is 1. The van der Waals surface area contributed by atoms with E-state index >= 15 is 0 Å². The van der Waals surface area contributed by atoms with Gasteiger partial charge in [0.15, 0.2) is 0 Å². The molecule has 1 aromatic heterocycles. The van der Waals surface area contributed by atoms with E-state index in [4.69, 9.17) is 0 Å². The van der Waals surface area contributed by atoms with Gasteiger partial charge in [0, 0.05) is 17.0 Å². The molecule has 1 aliphatic heterocycles. The molecular formula is C19H17N3OS. The summed E-state index contributed by atoms with van der Waals surface area (Å²) in [5.74, 6) is -0.0750. The van der Waals surface area contributed by atoms with Crippen molar-refractivity contribution in [1.29, 1.82) is 5.26 Å². The monoisotopic (exact) mass is 335 g/mol. The first kappa shape index (κ1) is 15.1. The molecule has 2 heterocycles. The molecule has 4 nitrogen and oxygen atoms in total. The molecule has 2 aliphatic rings. The van der Waals surface area contributed by atoms with Crippen molar-refractivity contribution in [3.05, 3.63) is 45.8 Å². The Hall–Kier alpha value is -2.45. The van der Waals surface area contributed by atoms with Crippen LogP contribution >= 0.6 is 11.3 Å². The SMILES string of the molecule is CCN1C(=O)C(=Nc2sc3c(c2C#N)CCCC3)c2ccccc21. The zero-order valence-electron chi connectivity index (χ0n) is 13.5. The van der Waals surface area contributed by atoms with Crippen LogP contribution in [0.2, 0.25) is 0 Å². The standard InChI is InChI=1S/C19H17N3OS/c1-2-22-15-9-5-3-8-13(15)17(19(22)23)21-18-14(11-20)12-7-4-6-10-16(12)24-18/h3,5,8-9H,2,4,6-7,10H2,1H3. The van der Waals surface area contributed by atoms with Gasteiger partial charge in [0.1, 0.15) is 16.8 Å². The Balaban J connectivity index is 1.87. The molecule has 0 fully saturated rings. The number of likely N-dealkylation sites (N-methyl/N-ethyl adjacent to an activating group) is 1. The lowest BCUT2D eigenvalue weighted by atomic mass is 9.96. The smallest absolute Gasteiger partial charge is 0.277 e. The molecule has 0 atom stereocenters. The zero-order valence-corrected chi connectivity index (χ0v) is 14.3. The van der Waals surface area contributed by atoms with Gasteiger partial charge in [-0.15, -0.1) is 11.3 Å². The number of hydrogen-bond donors (Lipinski definition) is 0. The van der Waals surface area contributed by atoms with Crippen molar-refractivity contribution < 1.29 is 4.79 Å². The lowest BCUT2D eigenvalue weighted by Crippen LogP contribution is -2.29. The third-order valence-electron chi connectivity index (χ3n) is 4.69. The second-order valence-electron chi connectivity index (χ2n) is 6.03. The molecule has 1 aliphatic carbocycles. The van der Waals surface area contributed by atoms with Crippen LogP contribution in [0.4, 0.5) is 10.7 Å². The third kappa shape index (κ3) is 2.18. The fourth-order valence-electron chi connectivity index (χ4n) is 3.53. The van der Waals surface area contributed by atoms with Crippen molar-refractivity contribution in [3.8, 4) is 6.07 Å². The zero-order chi connectivity index (χ0) is 16.7. The van der Waals surface area contributed by atoms with Crippen molar-refractivity contribution in [2.45, 2.75) is 32.6 Å². The molecule has 0 spiro atoms. The summed E-state index contributed by atoms with van der Waals surface area (Å²) in [6.45, 7) is 2.57. The highest BCUT2D eigenvalue weighted by molar-refractivity contribution is 7.16. The normalized spacial score (nSPS) is 17.8. The van der Waals surface area contributed by atoms with Gasteiger partial charge in [0.05, 0.1) is 11.3 Å². The van der Waals surface area contributed by atoms with Gasteiger partial charge in [0.2, 0.25) is 0 Å². The number of carbonyl (C=O) groups excluding carboxylic acids is 1. The lowest BCUT2D eigenvalue weighted by molar-refractivity contribution is -0.112. The van der Waals surface area contributed by atoms with Crippen LogP contribution in [0, 0.1) is 11.3 Å². The van der Waals surface area contributed by atoms with Gasteiger partial charge >= 0.3 is 0 Å². The molecule has 0 bridgehead atoms. The van der Waals surface area contributed by atoms with Crippen molar-refractivity contribution in [2.75, 3.05) is 11.4 Å². The van der Waals surface area contributed by atoms with Crippen LogP contribution in [0.15, 0.2) is 29.3 Å². The molecule has 5 heteroatoms. The molecule has 1 aromatic carbocycles. The van der Waals surface area contributed by atoms with Crippen LogP contribution in [0.5, 0.6) is 0 Å². The average molecular weight is 335 g/mol. The summed E-state index contributed by atoms with van der Waals surface area (Å²) in [6.07, 6.45) is 4.26. The van der Waals surface area contributed by atoms with Crippen LogP contribution < -0.4 is 4.90 Å². The maximum atomic E-state index is 12.8. The van der Waals surface area contributed by atoms with E-state index in [-0.39, 0.29) is 5.91 Å². The van der Waals surface area contributed by atoms with Crippen LogP contribution in [0.3, 0.4) is 0 Å². The molecule has 0 N–H and O–H groups in total. The van der Waals surface area contributed by atoms with Crippen molar-refractivity contribution in [3.63, 3.8) is 0 Å².